The maximum atomic E-state index is 12.6. The van der Waals surface area contributed by atoms with E-state index in [1.54, 1.807) is 13.0 Å². The fourth-order valence-electron chi connectivity index (χ4n) is 1.10. The molecule has 0 saturated heterocycles. The van der Waals surface area contributed by atoms with Gasteiger partial charge in [-0.1, -0.05) is 22.0 Å². The van der Waals surface area contributed by atoms with Crippen molar-refractivity contribution in [1.29, 1.82) is 0 Å². The van der Waals surface area contributed by atoms with Crippen LogP contribution in [0.1, 0.15) is 17.2 Å². The van der Waals surface area contributed by atoms with Crippen molar-refractivity contribution in [2.75, 3.05) is 5.33 Å². The molecule has 0 amide bonds. The number of alkyl halides is 1. The lowest BCUT2D eigenvalue weighted by molar-refractivity contribution is 0.204. The standard InChI is InChI=1S/C9H10BrFO/c1-6-4-7(11)2-3-8(6)9(12)5-10/h2-4,9,12H,5H2,1H3. The van der Waals surface area contributed by atoms with E-state index >= 15 is 0 Å². The van der Waals surface area contributed by atoms with Crippen LogP contribution in [0.25, 0.3) is 0 Å². The van der Waals surface area contributed by atoms with Gasteiger partial charge in [0.05, 0.1) is 6.10 Å². The molecule has 1 atom stereocenters. The van der Waals surface area contributed by atoms with E-state index in [0.717, 1.165) is 11.1 Å². The molecule has 0 fully saturated rings. The first-order valence-corrected chi connectivity index (χ1v) is 4.77. The van der Waals surface area contributed by atoms with Crippen molar-refractivity contribution in [3.05, 3.63) is 35.1 Å². The highest BCUT2D eigenvalue weighted by molar-refractivity contribution is 9.09. The van der Waals surface area contributed by atoms with E-state index in [4.69, 9.17) is 0 Å². The molecule has 12 heavy (non-hydrogen) atoms. The first-order chi connectivity index (χ1) is 5.65. The molecule has 0 radical (unpaired) electrons. The third kappa shape index (κ3) is 2.05. The van der Waals surface area contributed by atoms with E-state index in [1.807, 2.05) is 0 Å². The van der Waals surface area contributed by atoms with Crippen LogP contribution in [0.4, 0.5) is 4.39 Å². The van der Waals surface area contributed by atoms with Crippen molar-refractivity contribution in [2.45, 2.75) is 13.0 Å². The summed E-state index contributed by atoms with van der Waals surface area (Å²) in [4.78, 5) is 0. The van der Waals surface area contributed by atoms with Gasteiger partial charge in [-0.15, -0.1) is 0 Å². The summed E-state index contributed by atoms with van der Waals surface area (Å²) >= 11 is 3.16. The molecule has 0 saturated carbocycles. The second-order valence-electron chi connectivity index (χ2n) is 2.67. The van der Waals surface area contributed by atoms with Gasteiger partial charge >= 0.3 is 0 Å². The van der Waals surface area contributed by atoms with Crippen molar-refractivity contribution in [3.63, 3.8) is 0 Å². The van der Waals surface area contributed by atoms with Gasteiger partial charge in [0.25, 0.3) is 0 Å². The summed E-state index contributed by atoms with van der Waals surface area (Å²) in [6.07, 6.45) is -0.550. The molecule has 1 aromatic carbocycles. The SMILES string of the molecule is Cc1cc(F)ccc1C(O)CBr. The molecule has 1 unspecified atom stereocenters. The Hall–Kier alpha value is -0.410. The Bertz CT molecular complexity index is 275. The second-order valence-corrected chi connectivity index (χ2v) is 3.32. The maximum absolute atomic E-state index is 12.6. The van der Waals surface area contributed by atoms with Gasteiger partial charge in [0.15, 0.2) is 0 Å². The van der Waals surface area contributed by atoms with Crippen molar-refractivity contribution in [2.24, 2.45) is 0 Å². The summed E-state index contributed by atoms with van der Waals surface area (Å²) in [6, 6.07) is 4.38. The Labute approximate surface area is 79.4 Å². The van der Waals surface area contributed by atoms with Crippen molar-refractivity contribution in [3.8, 4) is 0 Å². The summed E-state index contributed by atoms with van der Waals surface area (Å²) in [7, 11) is 0. The van der Waals surface area contributed by atoms with Crippen LogP contribution in [-0.2, 0) is 0 Å². The molecule has 66 valence electrons. The van der Waals surface area contributed by atoms with Gasteiger partial charge in [-0.3, -0.25) is 0 Å². The highest BCUT2D eigenvalue weighted by atomic mass is 79.9. The fraction of sp³-hybridized carbons (Fsp3) is 0.333. The van der Waals surface area contributed by atoms with Crippen molar-refractivity contribution >= 4 is 15.9 Å². The third-order valence-electron chi connectivity index (χ3n) is 1.74. The Balaban J connectivity index is 3.01. The van der Waals surface area contributed by atoms with Crippen LogP contribution in [0.15, 0.2) is 18.2 Å². The lowest BCUT2D eigenvalue weighted by Crippen LogP contribution is -2.00. The molecule has 0 aliphatic carbocycles. The van der Waals surface area contributed by atoms with Crippen LogP contribution in [0.3, 0.4) is 0 Å². The summed E-state index contributed by atoms with van der Waals surface area (Å²) in [5.74, 6) is -0.266. The molecule has 0 aromatic heterocycles. The zero-order valence-electron chi connectivity index (χ0n) is 6.72. The number of aliphatic hydroxyl groups is 1. The maximum Gasteiger partial charge on any atom is 0.123 e. The van der Waals surface area contributed by atoms with Crippen molar-refractivity contribution in [1.82, 2.24) is 0 Å². The van der Waals surface area contributed by atoms with Gasteiger partial charge < -0.3 is 5.11 Å². The number of halogens is 2. The second kappa shape index (κ2) is 4.01. The third-order valence-corrected chi connectivity index (χ3v) is 2.35. The number of hydrogen-bond donors (Lipinski definition) is 1. The predicted octanol–water partition coefficient (Wildman–Crippen LogP) is 2.56. The molecule has 1 N–H and O–H groups in total. The topological polar surface area (TPSA) is 20.2 Å². The van der Waals surface area contributed by atoms with Gasteiger partial charge in [-0.25, -0.2) is 4.39 Å². The minimum atomic E-state index is -0.550. The number of hydrogen-bond acceptors (Lipinski definition) is 1. The van der Waals surface area contributed by atoms with E-state index in [9.17, 15) is 9.50 Å². The zero-order chi connectivity index (χ0) is 9.14. The molecule has 0 heterocycles. The Kier molecular flexibility index (Phi) is 3.23. The van der Waals surface area contributed by atoms with Crippen LogP contribution in [0.2, 0.25) is 0 Å². The number of aliphatic hydroxyl groups excluding tert-OH is 1. The molecular weight excluding hydrogens is 223 g/mol. The molecule has 1 nitrogen and oxygen atoms in total. The van der Waals surface area contributed by atoms with Gasteiger partial charge in [-0.2, -0.15) is 0 Å². The zero-order valence-corrected chi connectivity index (χ0v) is 8.31. The lowest BCUT2D eigenvalue weighted by Gasteiger charge is -2.10. The minimum Gasteiger partial charge on any atom is -0.388 e. The fourth-order valence-corrected chi connectivity index (χ4v) is 1.44. The van der Waals surface area contributed by atoms with Gasteiger partial charge in [0, 0.05) is 5.33 Å². The monoisotopic (exact) mass is 232 g/mol. The van der Waals surface area contributed by atoms with Crippen LogP contribution in [0, 0.1) is 12.7 Å². The van der Waals surface area contributed by atoms with Gasteiger partial charge in [0.2, 0.25) is 0 Å². The Morgan fingerprint density at radius 1 is 1.58 bits per heavy atom. The van der Waals surface area contributed by atoms with E-state index in [0.29, 0.717) is 5.33 Å². The van der Waals surface area contributed by atoms with Gasteiger partial charge in [-0.05, 0) is 30.2 Å². The molecule has 0 aliphatic rings. The predicted molar refractivity (Wildman–Crippen MR) is 49.9 cm³/mol. The minimum absolute atomic E-state index is 0.266. The normalized spacial score (nSPS) is 13.0. The summed E-state index contributed by atoms with van der Waals surface area (Å²) in [5, 5.41) is 9.90. The molecule has 3 heteroatoms. The molecule has 0 spiro atoms. The van der Waals surface area contributed by atoms with Crippen LogP contribution in [-0.4, -0.2) is 10.4 Å². The number of rotatable bonds is 2. The summed E-state index contributed by atoms with van der Waals surface area (Å²) in [6.45, 7) is 1.78. The van der Waals surface area contributed by atoms with Crippen LogP contribution >= 0.6 is 15.9 Å². The largest absolute Gasteiger partial charge is 0.388 e. The molecule has 0 aliphatic heterocycles. The lowest BCUT2D eigenvalue weighted by atomic mass is 10.0. The van der Waals surface area contributed by atoms with E-state index in [2.05, 4.69) is 15.9 Å². The highest BCUT2D eigenvalue weighted by Gasteiger charge is 2.08. The highest BCUT2D eigenvalue weighted by Crippen LogP contribution is 2.19. The summed E-state index contributed by atoms with van der Waals surface area (Å²) in [5.41, 5.74) is 1.55. The number of aryl methyl sites for hydroxylation is 1. The average Bonchev–Trinajstić information content (AvgIpc) is 2.03. The molecule has 1 aromatic rings. The smallest absolute Gasteiger partial charge is 0.123 e. The van der Waals surface area contributed by atoms with Gasteiger partial charge in [0.1, 0.15) is 5.82 Å². The first-order valence-electron chi connectivity index (χ1n) is 3.65. The van der Waals surface area contributed by atoms with E-state index < -0.39 is 6.10 Å². The first kappa shape index (κ1) is 9.68. The average molecular weight is 233 g/mol. The quantitative estimate of drug-likeness (QED) is 0.778. The van der Waals surface area contributed by atoms with Crippen LogP contribution < -0.4 is 0 Å². The molecular formula is C9H10BrFO. The summed E-state index contributed by atoms with van der Waals surface area (Å²) < 4.78 is 12.6. The Morgan fingerprint density at radius 3 is 2.75 bits per heavy atom. The Morgan fingerprint density at radius 2 is 2.25 bits per heavy atom. The molecule has 1 rings (SSSR count). The van der Waals surface area contributed by atoms with Crippen molar-refractivity contribution < 1.29 is 9.50 Å². The van der Waals surface area contributed by atoms with Crippen LogP contribution in [0.5, 0.6) is 0 Å². The molecule has 0 bridgehead atoms. The van der Waals surface area contributed by atoms with E-state index in [-0.39, 0.29) is 5.82 Å². The number of benzene rings is 1. The van der Waals surface area contributed by atoms with E-state index in [1.165, 1.54) is 12.1 Å².